The van der Waals surface area contributed by atoms with Crippen molar-refractivity contribution in [2.75, 3.05) is 0 Å². The van der Waals surface area contributed by atoms with E-state index in [1.807, 2.05) is 18.2 Å². The number of carbonyl (C=O) groups excluding carboxylic acids is 1. The quantitative estimate of drug-likeness (QED) is 0.438. The van der Waals surface area contributed by atoms with E-state index in [4.69, 9.17) is 0 Å². The molecule has 0 radical (unpaired) electrons. The molecule has 0 saturated carbocycles. The number of phenols is 2. The predicted octanol–water partition coefficient (Wildman–Crippen LogP) is 2.78. The van der Waals surface area contributed by atoms with Crippen molar-refractivity contribution in [2.24, 2.45) is 5.10 Å². The number of benzene rings is 2. The van der Waals surface area contributed by atoms with Gasteiger partial charge < -0.3 is 15.3 Å². The van der Waals surface area contributed by atoms with E-state index in [0.29, 0.717) is 4.88 Å². The largest absolute Gasteiger partial charge is 0.508 e. The van der Waals surface area contributed by atoms with E-state index in [1.165, 1.54) is 29.7 Å². The lowest BCUT2D eigenvalue weighted by Crippen LogP contribution is -2.17. The number of fused-ring (bicyclic) bond motifs is 1. The third-order valence-corrected chi connectivity index (χ3v) is 4.26. The number of hydrogen-bond acceptors (Lipinski definition) is 6. The Morgan fingerprint density at radius 2 is 1.91 bits per heavy atom. The fourth-order valence-electron chi connectivity index (χ4n) is 2.06. The Kier molecular flexibility index (Phi) is 3.86. The molecule has 1 aromatic heterocycles. The highest BCUT2D eigenvalue weighted by atomic mass is 32.1. The highest BCUT2D eigenvalue weighted by Crippen LogP contribution is 2.35. The molecule has 116 valence electrons. The van der Waals surface area contributed by atoms with Crippen molar-refractivity contribution in [3.8, 4) is 17.2 Å². The summed E-state index contributed by atoms with van der Waals surface area (Å²) in [5.41, 5.74) is 2.25. The van der Waals surface area contributed by atoms with Crippen LogP contribution in [-0.4, -0.2) is 27.4 Å². The first kappa shape index (κ1) is 14.9. The van der Waals surface area contributed by atoms with Gasteiger partial charge in [0.2, 0.25) is 0 Å². The first-order chi connectivity index (χ1) is 11.1. The molecule has 6 nitrogen and oxygen atoms in total. The lowest BCUT2D eigenvalue weighted by atomic mass is 10.2. The molecule has 4 N–H and O–H groups in total. The number of amides is 1. The smallest absolute Gasteiger partial charge is 0.275 e. The third-order valence-electron chi connectivity index (χ3n) is 3.17. The Hall–Kier alpha value is -3.06. The van der Waals surface area contributed by atoms with Gasteiger partial charge in [-0.2, -0.15) is 5.10 Å². The molecular formula is C16H12N2O4S. The van der Waals surface area contributed by atoms with Crippen molar-refractivity contribution in [2.45, 2.75) is 0 Å². The molecule has 23 heavy (non-hydrogen) atoms. The molecule has 3 aromatic rings. The van der Waals surface area contributed by atoms with Crippen LogP contribution >= 0.6 is 11.3 Å². The van der Waals surface area contributed by atoms with E-state index in [2.05, 4.69) is 10.5 Å². The SMILES string of the molecule is O=C(NN=Cc1sc2ccccc2c1O)c1ccc(O)cc1O. The van der Waals surface area contributed by atoms with E-state index >= 15 is 0 Å². The van der Waals surface area contributed by atoms with Crippen LogP contribution in [0.1, 0.15) is 15.2 Å². The monoisotopic (exact) mass is 328 g/mol. The van der Waals surface area contributed by atoms with Crippen LogP contribution in [0.2, 0.25) is 0 Å². The van der Waals surface area contributed by atoms with Crippen molar-refractivity contribution in [1.82, 2.24) is 5.43 Å². The Morgan fingerprint density at radius 3 is 2.65 bits per heavy atom. The summed E-state index contributed by atoms with van der Waals surface area (Å²) in [5, 5.41) is 33.4. The molecule has 0 bridgehead atoms. The lowest BCUT2D eigenvalue weighted by molar-refractivity contribution is 0.0952. The van der Waals surface area contributed by atoms with Crippen molar-refractivity contribution < 1.29 is 20.1 Å². The molecule has 3 rings (SSSR count). The minimum atomic E-state index is -0.626. The molecule has 1 amide bonds. The molecule has 2 aromatic carbocycles. The minimum absolute atomic E-state index is 0.0134. The molecule has 0 saturated heterocycles. The zero-order valence-corrected chi connectivity index (χ0v) is 12.5. The fraction of sp³-hybridized carbons (Fsp3) is 0. The minimum Gasteiger partial charge on any atom is -0.508 e. The Morgan fingerprint density at radius 1 is 1.13 bits per heavy atom. The summed E-state index contributed by atoms with van der Waals surface area (Å²) in [6.07, 6.45) is 1.34. The number of thiophene rings is 1. The van der Waals surface area contributed by atoms with E-state index in [-0.39, 0.29) is 22.8 Å². The first-order valence-corrected chi connectivity index (χ1v) is 7.44. The van der Waals surface area contributed by atoms with Crippen molar-refractivity contribution in [3.05, 3.63) is 52.9 Å². The molecule has 7 heteroatoms. The average molecular weight is 328 g/mol. The van der Waals surface area contributed by atoms with E-state index in [9.17, 15) is 20.1 Å². The van der Waals surface area contributed by atoms with Gasteiger partial charge in [0.1, 0.15) is 17.2 Å². The number of phenolic OH excluding ortho intramolecular Hbond substituents is 2. The predicted molar refractivity (Wildman–Crippen MR) is 88.3 cm³/mol. The Labute approximate surface area is 134 Å². The van der Waals surface area contributed by atoms with E-state index < -0.39 is 5.91 Å². The van der Waals surface area contributed by atoms with Gasteiger partial charge >= 0.3 is 0 Å². The van der Waals surface area contributed by atoms with Gasteiger partial charge in [0.05, 0.1) is 16.7 Å². The zero-order chi connectivity index (χ0) is 16.4. The van der Waals surface area contributed by atoms with Gasteiger partial charge in [-0.15, -0.1) is 11.3 Å². The highest BCUT2D eigenvalue weighted by Gasteiger charge is 2.11. The molecule has 0 aliphatic rings. The molecule has 0 atom stereocenters. The molecule has 0 spiro atoms. The fourth-order valence-corrected chi connectivity index (χ4v) is 3.03. The van der Waals surface area contributed by atoms with Crippen LogP contribution < -0.4 is 5.43 Å². The lowest BCUT2D eigenvalue weighted by Gasteiger charge is -2.02. The number of hydrazone groups is 1. The maximum atomic E-state index is 11.9. The zero-order valence-electron chi connectivity index (χ0n) is 11.7. The topological polar surface area (TPSA) is 102 Å². The van der Waals surface area contributed by atoms with Crippen molar-refractivity contribution in [1.29, 1.82) is 0 Å². The van der Waals surface area contributed by atoms with Crippen molar-refractivity contribution in [3.63, 3.8) is 0 Å². The second-order valence-electron chi connectivity index (χ2n) is 4.71. The van der Waals surface area contributed by atoms with Gasteiger partial charge in [0, 0.05) is 16.2 Å². The summed E-state index contributed by atoms with van der Waals surface area (Å²) >= 11 is 1.34. The van der Waals surface area contributed by atoms with Crippen LogP contribution in [0.25, 0.3) is 10.1 Å². The van der Waals surface area contributed by atoms with Gasteiger partial charge in [-0.1, -0.05) is 12.1 Å². The maximum Gasteiger partial charge on any atom is 0.275 e. The van der Waals surface area contributed by atoms with Crippen LogP contribution in [0.15, 0.2) is 47.6 Å². The average Bonchev–Trinajstić information content (AvgIpc) is 2.84. The standard InChI is InChI=1S/C16H12N2O4S/c19-9-5-6-10(12(20)7-9)16(22)18-17-8-14-15(21)11-3-1-2-4-13(11)23-14/h1-8,19-21H,(H,18,22). The Balaban J connectivity index is 1.77. The second-order valence-corrected chi connectivity index (χ2v) is 5.80. The molecule has 0 fully saturated rings. The van der Waals surface area contributed by atoms with Crippen LogP contribution in [0, 0.1) is 0 Å². The van der Waals surface area contributed by atoms with Gasteiger partial charge in [-0.3, -0.25) is 4.79 Å². The maximum absolute atomic E-state index is 11.9. The molecule has 0 unspecified atom stereocenters. The van der Waals surface area contributed by atoms with E-state index in [0.717, 1.165) is 16.2 Å². The number of rotatable bonds is 3. The molecular weight excluding hydrogens is 316 g/mol. The molecule has 0 aliphatic heterocycles. The summed E-state index contributed by atoms with van der Waals surface area (Å²) in [6, 6.07) is 11.0. The first-order valence-electron chi connectivity index (χ1n) is 6.62. The molecule has 1 heterocycles. The summed E-state index contributed by atoms with van der Waals surface area (Å²) in [4.78, 5) is 12.4. The van der Waals surface area contributed by atoms with Crippen LogP contribution in [0.3, 0.4) is 0 Å². The highest BCUT2D eigenvalue weighted by molar-refractivity contribution is 7.21. The second kappa shape index (κ2) is 5.98. The van der Waals surface area contributed by atoms with Gasteiger partial charge in [0.25, 0.3) is 5.91 Å². The van der Waals surface area contributed by atoms with Gasteiger partial charge in [-0.05, 0) is 24.3 Å². The van der Waals surface area contributed by atoms with Crippen LogP contribution in [0.5, 0.6) is 17.2 Å². The molecule has 0 aliphatic carbocycles. The van der Waals surface area contributed by atoms with Crippen LogP contribution in [-0.2, 0) is 0 Å². The van der Waals surface area contributed by atoms with Crippen molar-refractivity contribution >= 4 is 33.5 Å². The Bertz CT molecular complexity index is 918. The third kappa shape index (κ3) is 2.95. The van der Waals surface area contributed by atoms with Crippen LogP contribution in [0.4, 0.5) is 0 Å². The number of nitrogens with zero attached hydrogens (tertiary/aromatic N) is 1. The summed E-state index contributed by atoms with van der Waals surface area (Å²) in [6.45, 7) is 0. The van der Waals surface area contributed by atoms with Gasteiger partial charge in [0.15, 0.2) is 0 Å². The number of carbonyl (C=O) groups is 1. The summed E-state index contributed by atoms with van der Waals surface area (Å²) in [7, 11) is 0. The number of aromatic hydroxyl groups is 3. The summed E-state index contributed by atoms with van der Waals surface area (Å²) < 4.78 is 0.911. The summed E-state index contributed by atoms with van der Waals surface area (Å²) in [5.74, 6) is -1.00. The van der Waals surface area contributed by atoms with E-state index in [1.54, 1.807) is 6.07 Å². The normalized spacial score (nSPS) is 11.1. The van der Waals surface area contributed by atoms with Gasteiger partial charge in [-0.25, -0.2) is 5.43 Å². The number of nitrogens with one attached hydrogen (secondary N) is 1. The number of hydrogen-bond donors (Lipinski definition) is 4.